The first-order valence-corrected chi connectivity index (χ1v) is 47.6. The van der Waals surface area contributed by atoms with E-state index in [-0.39, 0.29) is 14.9 Å². The van der Waals surface area contributed by atoms with E-state index in [0.29, 0.717) is 0 Å². The lowest BCUT2D eigenvalue weighted by atomic mass is 11.8. The Bertz CT molecular complexity index is 697. The van der Waals surface area contributed by atoms with Crippen LogP contribution in [0.15, 0.2) is 0 Å². The molecule has 0 saturated carbocycles. The van der Waals surface area contributed by atoms with Crippen LogP contribution in [-0.4, -0.2) is 84.1 Å². The van der Waals surface area contributed by atoms with Gasteiger partial charge in [-0.05, 0) is 170 Å². The molecule has 0 bridgehead atoms. The molecule has 17 heteroatoms. The van der Waals surface area contributed by atoms with Gasteiger partial charge in [0, 0.05) is 0 Å². The summed E-state index contributed by atoms with van der Waals surface area (Å²) in [6.07, 6.45) is 0. The standard InChI is InChI=1S/C10H30O3Si4.2C8H24O2Si3.2CH4/c1-14(2,3)11-16(7,8)13-17(9,10)12-15(4,5)6;2*1-11(2,3)9-13(7,8)10-12(4,5)6;;/h1-10H3;2*1-8H3;2*1H4. The van der Waals surface area contributed by atoms with Gasteiger partial charge in [-0.2, -0.15) is 0 Å². The average Bonchev–Trinajstić information content (AvgIpc) is 2.37. The topological polar surface area (TPSA) is 64.6 Å². The van der Waals surface area contributed by atoms with Crippen molar-refractivity contribution in [1.29, 1.82) is 0 Å². The van der Waals surface area contributed by atoms with E-state index < -0.39 is 84.1 Å². The highest BCUT2D eigenvalue weighted by molar-refractivity contribution is 6.89. The van der Waals surface area contributed by atoms with E-state index in [2.05, 4.69) is 170 Å². The fourth-order valence-electron chi connectivity index (χ4n) is 5.10. The smallest absolute Gasteiger partial charge is 0.312 e. The molecular formula is C28H86O7Si10. The highest BCUT2D eigenvalue weighted by atomic mass is 28.5. The monoisotopic (exact) mass is 814 g/mol. The van der Waals surface area contributed by atoms with Crippen LogP contribution in [-0.2, 0) is 28.8 Å². The van der Waals surface area contributed by atoms with Gasteiger partial charge in [-0.25, -0.2) is 0 Å². The van der Waals surface area contributed by atoms with E-state index in [4.69, 9.17) is 28.8 Å². The quantitative estimate of drug-likeness (QED) is 0.162. The van der Waals surface area contributed by atoms with Gasteiger partial charge in [0.15, 0.2) is 49.9 Å². The minimum Gasteiger partial charge on any atom is -0.437 e. The fraction of sp³-hybridized carbons (Fsp3) is 1.00. The first-order valence-electron chi connectivity index (χ1n) is 15.9. The Morgan fingerprint density at radius 3 is 0.356 bits per heavy atom. The summed E-state index contributed by atoms with van der Waals surface area (Å²) in [5.41, 5.74) is 0. The molecule has 0 rings (SSSR count). The van der Waals surface area contributed by atoms with Crippen LogP contribution in [0.25, 0.3) is 0 Å². The Balaban J connectivity index is -0.000000176. The van der Waals surface area contributed by atoms with E-state index >= 15 is 0 Å². The molecule has 7 nitrogen and oxygen atoms in total. The van der Waals surface area contributed by atoms with Crippen LogP contribution >= 0.6 is 0 Å². The van der Waals surface area contributed by atoms with E-state index in [1.165, 1.54) is 0 Å². The van der Waals surface area contributed by atoms with Crippen molar-refractivity contribution in [3.05, 3.63) is 0 Å². The molecule has 0 unspecified atom stereocenters. The van der Waals surface area contributed by atoms with Gasteiger partial charge < -0.3 is 28.8 Å². The molecule has 0 aliphatic heterocycles. The normalized spacial score (nSPS) is 14.3. The van der Waals surface area contributed by atoms with Crippen LogP contribution in [0, 0.1) is 0 Å². The summed E-state index contributed by atoms with van der Waals surface area (Å²) in [5.74, 6) is 0. The third kappa shape index (κ3) is 45.9. The van der Waals surface area contributed by atoms with E-state index in [1.54, 1.807) is 0 Å². The highest BCUT2D eigenvalue weighted by Gasteiger charge is 2.41. The molecule has 0 heterocycles. The Morgan fingerprint density at radius 1 is 0.178 bits per heavy atom. The fourth-order valence-corrected chi connectivity index (χ4v) is 47.4. The van der Waals surface area contributed by atoms with Crippen molar-refractivity contribution < 1.29 is 28.8 Å². The van der Waals surface area contributed by atoms with Crippen molar-refractivity contribution in [2.45, 2.75) is 185 Å². The van der Waals surface area contributed by atoms with Gasteiger partial charge in [0.2, 0.25) is 0 Å². The zero-order valence-electron chi connectivity index (χ0n) is 33.9. The lowest BCUT2D eigenvalue weighted by molar-refractivity contribution is 0.331. The Morgan fingerprint density at radius 2 is 0.267 bits per heavy atom. The minimum absolute atomic E-state index is 0. The molecule has 0 aromatic rings. The van der Waals surface area contributed by atoms with Crippen LogP contribution in [0.3, 0.4) is 0 Å². The summed E-state index contributed by atoms with van der Waals surface area (Å²) < 4.78 is 43.0. The van der Waals surface area contributed by atoms with Crippen molar-refractivity contribution in [3.8, 4) is 0 Å². The molecule has 0 fully saturated rings. The molecular weight excluding hydrogens is 729 g/mol. The van der Waals surface area contributed by atoms with Crippen molar-refractivity contribution >= 4 is 84.1 Å². The Labute approximate surface area is 296 Å². The van der Waals surface area contributed by atoms with Gasteiger partial charge in [-0.15, -0.1) is 0 Å². The molecule has 0 aliphatic carbocycles. The number of hydrogen-bond donors (Lipinski definition) is 0. The molecule has 0 aromatic heterocycles. The van der Waals surface area contributed by atoms with Crippen LogP contribution in [0.5, 0.6) is 0 Å². The number of hydrogen-bond acceptors (Lipinski definition) is 7. The predicted octanol–water partition coefficient (Wildman–Crippen LogP) is 12.2. The molecule has 0 aromatic carbocycles. The van der Waals surface area contributed by atoms with E-state index in [1.807, 2.05) is 0 Å². The van der Waals surface area contributed by atoms with Gasteiger partial charge in [-0.1, -0.05) is 14.9 Å². The largest absolute Gasteiger partial charge is 0.437 e. The molecule has 0 spiro atoms. The summed E-state index contributed by atoms with van der Waals surface area (Å²) >= 11 is 0. The third-order valence-corrected chi connectivity index (χ3v) is 34.2. The summed E-state index contributed by atoms with van der Waals surface area (Å²) in [6.45, 7) is 57.0. The second-order valence-electron chi connectivity index (χ2n) is 19.0. The van der Waals surface area contributed by atoms with Gasteiger partial charge in [0.25, 0.3) is 0 Å². The molecule has 280 valence electrons. The second kappa shape index (κ2) is 19.5. The Hall–Kier alpha value is 1.89. The number of rotatable bonds is 14. The summed E-state index contributed by atoms with van der Waals surface area (Å²) in [6, 6.07) is 0. The van der Waals surface area contributed by atoms with E-state index in [9.17, 15) is 0 Å². The summed E-state index contributed by atoms with van der Waals surface area (Å²) in [7, 11) is -16.6. The van der Waals surface area contributed by atoms with Gasteiger partial charge >= 0.3 is 34.2 Å². The molecule has 0 amide bonds. The first kappa shape index (κ1) is 56.3. The maximum Gasteiger partial charge on any atom is 0.312 e. The van der Waals surface area contributed by atoms with Gasteiger partial charge in [-0.3, -0.25) is 0 Å². The SMILES string of the molecule is C.C.C[Si](C)(C)O[Si](C)(C)O[Si](C)(C)C.C[Si](C)(C)O[Si](C)(C)O[Si](C)(C)C.C[Si](C)(C)O[Si](C)(C)O[Si](C)(C)O[Si](C)(C)C. The molecule has 0 atom stereocenters. The zero-order chi connectivity index (χ0) is 35.9. The highest BCUT2D eigenvalue weighted by Crippen LogP contribution is 2.24. The summed E-state index contributed by atoms with van der Waals surface area (Å²) in [5, 5.41) is 0. The van der Waals surface area contributed by atoms with Crippen LogP contribution in [0.2, 0.25) is 170 Å². The van der Waals surface area contributed by atoms with Gasteiger partial charge in [0.1, 0.15) is 0 Å². The van der Waals surface area contributed by atoms with Crippen LogP contribution in [0.1, 0.15) is 14.9 Å². The first-order chi connectivity index (χ1) is 17.9. The van der Waals surface area contributed by atoms with Crippen LogP contribution < -0.4 is 0 Å². The molecule has 0 saturated heterocycles. The maximum atomic E-state index is 6.28. The molecule has 0 radical (unpaired) electrons. The minimum atomic E-state index is -2.05. The molecule has 0 N–H and O–H groups in total. The molecule has 0 aliphatic rings. The second-order valence-corrected chi connectivity index (χ2v) is 61.3. The zero-order valence-corrected chi connectivity index (χ0v) is 43.9. The van der Waals surface area contributed by atoms with Crippen molar-refractivity contribution in [3.63, 3.8) is 0 Å². The average molecular weight is 816 g/mol. The summed E-state index contributed by atoms with van der Waals surface area (Å²) in [4.78, 5) is 0. The van der Waals surface area contributed by atoms with Crippen LogP contribution in [0.4, 0.5) is 0 Å². The lowest BCUT2D eigenvalue weighted by Crippen LogP contribution is -2.55. The van der Waals surface area contributed by atoms with Crippen molar-refractivity contribution in [2.24, 2.45) is 0 Å². The van der Waals surface area contributed by atoms with E-state index in [0.717, 1.165) is 0 Å². The lowest BCUT2D eigenvalue weighted by Gasteiger charge is -2.39. The van der Waals surface area contributed by atoms with Crippen molar-refractivity contribution in [1.82, 2.24) is 0 Å². The maximum absolute atomic E-state index is 6.28. The van der Waals surface area contributed by atoms with Crippen molar-refractivity contribution in [2.75, 3.05) is 0 Å². The van der Waals surface area contributed by atoms with Gasteiger partial charge in [0.05, 0.1) is 0 Å². The molecule has 45 heavy (non-hydrogen) atoms. The third-order valence-electron chi connectivity index (χ3n) is 3.80. The Kier molecular flexibility index (Phi) is 24.4. The predicted molar refractivity (Wildman–Crippen MR) is 231 cm³/mol.